The van der Waals surface area contributed by atoms with Crippen molar-refractivity contribution in [2.24, 2.45) is 0 Å². The van der Waals surface area contributed by atoms with Crippen molar-refractivity contribution in [2.75, 3.05) is 12.8 Å². The Labute approximate surface area is 90.2 Å². The molecule has 0 aliphatic carbocycles. The van der Waals surface area contributed by atoms with E-state index in [0.717, 1.165) is 19.2 Å². The fourth-order valence-corrected chi connectivity index (χ4v) is 1.13. The molecule has 0 aliphatic rings. The third kappa shape index (κ3) is 1.90. The highest BCUT2D eigenvalue weighted by Crippen LogP contribution is 2.25. The van der Waals surface area contributed by atoms with Gasteiger partial charge in [0.05, 0.1) is 23.3 Å². The molecule has 0 aromatic heterocycles. The minimum atomic E-state index is -0.886. The number of anilines is 1. The van der Waals surface area contributed by atoms with Crippen molar-refractivity contribution < 1.29 is 14.5 Å². The zero-order valence-corrected chi connectivity index (χ0v) is 8.26. The van der Waals surface area contributed by atoms with Crippen LogP contribution >= 0.6 is 0 Å². The van der Waals surface area contributed by atoms with Crippen LogP contribution in [-0.4, -0.2) is 18.0 Å². The summed E-state index contributed by atoms with van der Waals surface area (Å²) in [6.07, 6.45) is 0. The van der Waals surface area contributed by atoms with Gasteiger partial charge in [-0.1, -0.05) is 0 Å². The predicted molar refractivity (Wildman–Crippen MR) is 53.6 cm³/mol. The van der Waals surface area contributed by atoms with E-state index >= 15 is 0 Å². The Morgan fingerprint density at radius 1 is 1.62 bits per heavy atom. The summed E-state index contributed by atoms with van der Waals surface area (Å²) in [6.45, 7) is 0. The Kier molecular flexibility index (Phi) is 3.06. The van der Waals surface area contributed by atoms with Crippen LogP contribution in [0.5, 0.6) is 0 Å². The van der Waals surface area contributed by atoms with E-state index < -0.39 is 16.6 Å². The average molecular weight is 221 g/mol. The van der Waals surface area contributed by atoms with Crippen molar-refractivity contribution in [1.29, 1.82) is 5.26 Å². The van der Waals surface area contributed by atoms with Crippen molar-refractivity contribution in [1.82, 2.24) is 0 Å². The number of esters is 1. The van der Waals surface area contributed by atoms with Crippen molar-refractivity contribution in [3.8, 4) is 6.07 Å². The van der Waals surface area contributed by atoms with E-state index in [1.54, 1.807) is 6.07 Å². The summed E-state index contributed by atoms with van der Waals surface area (Å²) in [6, 6.07) is 3.73. The number of methoxy groups -OCH3 is 1. The molecule has 82 valence electrons. The van der Waals surface area contributed by atoms with E-state index in [4.69, 9.17) is 11.0 Å². The minimum absolute atomic E-state index is 0.00833. The molecular weight excluding hydrogens is 214 g/mol. The van der Waals surface area contributed by atoms with Gasteiger partial charge in [0.1, 0.15) is 11.6 Å². The number of rotatable bonds is 2. The number of nitrogen functional groups attached to an aromatic ring is 1. The summed E-state index contributed by atoms with van der Waals surface area (Å²) in [5.41, 5.74) is 4.56. The van der Waals surface area contributed by atoms with Gasteiger partial charge in [0.25, 0.3) is 5.69 Å². The first-order valence-corrected chi connectivity index (χ1v) is 4.07. The van der Waals surface area contributed by atoms with E-state index in [1.165, 1.54) is 0 Å². The van der Waals surface area contributed by atoms with Gasteiger partial charge in [-0.25, -0.2) is 4.79 Å². The molecule has 2 N–H and O–H groups in total. The first-order chi connectivity index (χ1) is 7.51. The van der Waals surface area contributed by atoms with E-state index in [1.807, 2.05) is 0 Å². The quantitative estimate of drug-likeness (QED) is 0.342. The summed E-state index contributed by atoms with van der Waals surface area (Å²) < 4.78 is 4.37. The van der Waals surface area contributed by atoms with E-state index in [-0.39, 0.29) is 16.8 Å². The van der Waals surface area contributed by atoms with E-state index in [0.29, 0.717) is 0 Å². The molecule has 7 heteroatoms. The molecule has 0 spiro atoms. The Balaban J connectivity index is 3.50. The highest BCUT2D eigenvalue weighted by molar-refractivity contribution is 5.95. The van der Waals surface area contributed by atoms with Crippen LogP contribution in [-0.2, 0) is 4.74 Å². The van der Waals surface area contributed by atoms with Crippen LogP contribution in [0.25, 0.3) is 0 Å². The molecule has 0 fully saturated rings. The number of ether oxygens (including phenoxy) is 1. The fraction of sp³-hybridized carbons (Fsp3) is 0.111. The van der Waals surface area contributed by atoms with E-state index in [9.17, 15) is 14.9 Å². The lowest BCUT2D eigenvalue weighted by Gasteiger charge is -2.03. The number of hydrogen-bond donors (Lipinski definition) is 1. The average Bonchev–Trinajstić information content (AvgIpc) is 2.27. The molecule has 0 bridgehead atoms. The third-order valence-corrected chi connectivity index (χ3v) is 1.89. The molecule has 1 rings (SSSR count). The first-order valence-electron chi connectivity index (χ1n) is 4.07. The molecule has 0 heterocycles. The summed E-state index contributed by atoms with van der Waals surface area (Å²) in [5, 5.41) is 19.3. The number of hydrogen-bond acceptors (Lipinski definition) is 6. The zero-order valence-electron chi connectivity index (χ0n) is 8.26. The summed E-state index contributed by atoms with van der Waals surface area (Å²) in [5.74, 6) is -0.886. The first kappa shape index (κ1) is 11.5. The largest absolute Gasteiger partial charge is 0.465 e. The van der Waals surface area contributed by atoms with Gasteiger partial charge in [0, 0.05) is 6.07 Å². The summed E-state index contributed by atoms with van der Waals surface area (Å²) in [4.78, 5) is 21.1. The second-order valence-corrected chi connectivity index (χ2v) is 2.82. The SMILES string of the molecule is COC(=O)c1cc(C#N)c(N)cc1[N+](=O)[O-]. The van der Waals surface area contributed by atoms with Crippen LogP contribution in [0.15, 0.2) is 12.1 Å². The van der Waals surface area contributed by atoms with Crippen LogP contribution in [0.2, 0.25) is 0 Å². The molecule has 0 unspecified atom stereocenters. The number of nitro benzene ring substituents is 1. The molecule has 0 saturated carbocycles. The third-order valence-electron chi connectivity index (χ3n) is 1.89. The van der Waals surface area contributed by atoms with Crippen LogP contribution in [0.4, 0.5) is 11.4 Å². The minimum Gasteiger partial charge on any atom is -0.465 e. The summed E-state index contributed by atoms with van der Waals surface area (Å²) >= 11 is 0. The molecule has 7 nitrogen and oxygen atoms in total. The van der Waals surface area contributed by atoms with Crippen molar-refractivity contribution in [2.45, 2.75) is 0 Å². The molecule has 0 radical (unpaired) electrons. The lowest BCUT2D eigenvalue weighted by Crippen LogP contribution is -2.07. The lowest BCUT2D eigenvalue weighted by atomic mass is 10.1. The maximum absolute atomic E-state index is 11.2. The van der Waals surface area contributed by atoms with Gasteiger partial charge in [0.15, 0.2) is 0 Å². The highest BCUT2D eigenvalue weighted by Gasteiger charge is 2.23. The van der Waals surface area contributed by atoms with Gasteiger partial charge in [0.2, 0.25) is 0 Å². The molecule has 1 aromatic carbocycles. The Hall–Kier alpha value is -2.62. The van der Waals surface area contributed by atoms with Crippen LogP contribution < -0.4 is 5.73 Å². The van der Waals surface area contributed by atoms with Gasteiger partial charge in [-0.2, -0.15) is 5.26 Å². The van der Waals surface area contributed by atoms with Gasteiger partial charge >= 0.3 is 5.97 Å². The maximum Gasteiger partial charge on any atom is 0.344 e. The van der Waals surface area contributed by atoms with Crippen LogP contribution in [0, 0.1) is 21.4 Å². The smallest absolute Gasteiger partial charge is 0.344 e. The normalized spacial score (nSPS) is 9.25. The molecule has 1 aromatic rings. The van der Waals surface area contributed by atoms with Crippen LogP contribution in [0.3, 0.4) is 0 Å². The number of nitrogens with zero attached hydrogens (tertiary/aromatic N) is 2. The predicted octanol–water partition coefficient (Wildman–Crippen LogP) is 0.835. The number of nitro groups is 1. The zero-order chi connectivity index (χ0) is 12.3. The van der Waals surface area contributed by atoms with Gasteiger partial charge in [-0.3, -0.25) is 10.1 Å². The van der Waals surface area contributed by atoms with Crippen molar-refractivity contribution >= 4 is 17.3 Å². The second kappa shape index (κ2) is 4.27. The monoisotopic (exact) mass is 221 g/mol. The highest BCUT2D eigenvalue weighted by atomic mass is 16.6. The number of carbonyl (C=O) groups is 1. The van der Waals surface area contributed by atoms with Gasteiger partial charge in [-0.05, 0) is 6.07 Å². The number of benzene rings is 1. The molecule has 0 saturated heterocycles. The lowest BCUT2D eigenvalue weighted by molar-refractivity contribution is -0.385. The molecule has 0 atom stereocenters. The van der Waals surface area contributed by atoms with Crippen LogP contribution in [0.1, 0.15) is 15.9 Å². The standard InChI is InChI=1S/C9H7N3O4/c1-16-9(13)6-2-5(4-10)7(11)3-8(6)12(14)15/h2-3H,11H2,1H3. The molecule has 0 aliphatic heterocycles. The molecule has 0 amide bonds. The fourth-order valence-electron chi connectivity index (χ4n) is 1.13. The molecule has 16 heavy (non-hydrogen) atoms. The van der Waals surface area contributed by atoms with Gasteiger partial charge < -0.3 is 10.5 Å². The van der Waals surface area contributed by atoms with E-state index in [2.05, 4.69) is 4.74 Å². The Bertz CT molecular complexity index is 504. The van der Waals surface area contributed by atoms with Crippen molar-refractivity contribution in [3.63, 3.8) is 0 Å². The second-order valence-electron chi connectivity index (χ2n) is 2.82. The number of nitrogens with two attached hydrogens (primary N) is 1. The van der Waals surface area contributed by atoms with Crippen molar-refractivity contribution in [3.05, 3.63) is 33.4 Å². The molecular formula is C9H7N3O4. The Morgan fingerprint density at radius 3 is 2.69 bits per heavy atom. The maximum atomic E-state index is 11.2. The Morgan fingerprint density at radius 2 is 2.25 bits per heavy atom. The van der Waals surface area contributed by atoms with Gasteiger partial charge in [-0.15, -0.1) is 0 Å². The number of carbonyl (C=O) groups excluding carboxylic acids is 1. The summed E-state index contributed by atoms with van der Waals surface area (Å²) in [7, 11) is 1.09. The topological polar surface area (TPSA) is 119 Å². The number of nitriles is 1.